The van der Waals surface area contributed by atoms with Crippen molar-refractivity contribution in [2.45, 2.75) is 57.0 Å². The smallest absolute Gasteiger partial charge is 0.253 e. The molecule has 1 atom stereocenters. The fraction of sp³-hybridized carbons (Fsp3) is 0.478. The zero-order valence-corrected chi connectivity index (χ0v) is 16.3. The van der Waals surface area contributed by atoms with Crippen molar-refractivity contribution in [3.05, 3.63) is 54.2 Å². The SMILES string of the molecule is O=C(NC1CCN(C2CCCCCC2)C1)c1ccc(Oc2ccccc2)nc1. The second kappa shape index (κ2) is 9.20. The van der Waals surface area contributed by atoms with Gasteiger partial charge in [-0.25, -0.2) is 4.98 Å². The number of aromatic nitrogens is 1. The fourth-order valence-electron chi connectivity index (χ4n) is 4.31. The van der Waals surface area contributed by atoms with Crippen LogP contribution in [0.25, 0.3) is 0 Å². The molecule has 1 aromatic heterocycles. The zero-order chi connectivity index (χ0) is 19.2. The van der Waals surface area contributed by atoms with E-state index in [1.807, 2.05) is 30.3 Å². The van der Waals surface area contributed by atoms with Crippen LogP contribution in [0.2, 0.25) is 0 Å². The molecule has 148 valence electrons. The maximum absolute atomic E-state index is 12.6. The summed E-state index contributed by atoms with van der Waals surface area (Å²) in [5.74, 6) is 1.17. The maximum Gasteiger partial charge on any atom is 0.253 e. The summed E-state index contributed by atoms with van der Waals surface area (Å²) in [6.07, 6.45) is 10.7. The average Bonchev–Trinajstić information content (AvgIpc) is 3.01. The van der Waals surface area contributed by atoms with Gasteiger partial charge in [-0.1, -0.05) is 43.9 Å². The molecule has 0 spiro atoms. The van der Waals surface area contributed by atoms with E-state index in [0.29, 0.717) is 17.5 Å². The molecule has 1 N–H and O–H groups in total. The lowest BCUT2D eigenvalue weighted by Gasteiger charge is -2.26. The zero-order valence-electron chi connectivity index (χ0n) is 16.3. The lowest BCUT2D eigenvalue weighted by molar-refractivity contribution is 0.0935. The second-order valence-corrected chi connectivity index (χ2v) is 7.90. The Bertz CT molecular complexity index is 755. The highest BCUT2D eigenvalue weighted by atomic mass is 16.5. The summed E-state index contributed by atoms with van der Waals surface area (Å²) in [6, 6.07) is 14.0. The molecule has 2 aliphatic rings. The van der Waals surface area contributed by atoms with Gasteiger partial charge in [-0.2, -0.15) is 0 Å². The quantitative estimate of drug-likeness (QED) is 0.783. The molecule has 1 aliphatic heterocycles. The lowest BCUT2D eigenvalue weighted by atomic mass is 10.1. The Morgan fingerprint density at radius 2 is 1.79 bits per heavy atom. The molecule has 28 heavy (non-hydrogen) atoms. The summed E-state index contributed by atoms with van der Waals surface area (Å²) in [4.78, 5) is 19.5. The summed E-state index contributed by atoms with van der Waals surface area (Å²) in [7, 11) is 0. The molecule has 2 fully saturated rings. The number of ether oxygens (including phenoxy) is 1. The second-order valence-electron chi connectivity index (χ2n) is 7.90. The van der Waals surface area contributed by atoms with Gasteiger partial charge in [0.1, 0.15) is 5.75 Å². The third kappa shape index (κ3) is 4.90. The minimum atomic E-state index is -0.0496. The van der Waals surface area contributed by atoms with Crippen molar-refractivity contribution in [2.24, 2.45) is 0 Å². The molecule has 5 nitrogen and oxygen atoms in total. The van der Waals surface area contributed by atoms with Crippen LogP contribution in [0.5, 0.6) is 11.6 Å². The van der Waals surface area contributed by atoms with Gasteiger partial charge in [0.25, 0.3) is 5.91 Å². The van der Waals surface area contributed by atoms with Crippen molar-refractivity contribution < 1.29 is 9.53 Å². The summed E-state index contributed by atoms with van der Waals surface area (Å²) < 4.78 is 5.69. The maximum atomic E-state index is 12.6. The van der Waals surface area contributed by atoms with Gasteiger partial charge in [0, 0.05) is 37.4 Å². The fourth-order valence-corrected chi connectivity index (χ4v) is 4.31. The number of hydrogen-bond acceptors (Lipinski definition) is 4. The average molecular weight is 380 g/mol. The first-order valence-corrected chi connectivity index (χ1v) is 10.5. The van der Waals surface area contributed by atoms with E-state index in [9.17, 15) is 4.79 Å². The van der Waals surface area contributed by atoms with Crippen LogP contribution in [0.4, 0.5) is 0 Å². The molecule has 1 aromatic carbocycles. The molecule has 1 aliphatic carbocycles. The number of pyridine rings is 1. The van der Waals surface area contributed by atoms with Gasteiger partial charge < -0.3 is 10.1 Å². The van der Waals surface area contributed by atoms with Crippen molar-refractivity contribution in [1.82, 2.24) is 15.2 Å². The van der Waals surface area contributed by atoms with Gasteiger partial charge in [0.15, 0.2) is 0 Å². The van der Waals surface area contributed by atoms with Gasteiger partial charge in [-0.05, 0) is 37.5 Å². The molecular weight excluding hydrogens is 350 g/mol. The number of amides is 1. The predicted octanol–water partition coefficient (Wildman–Crippen LogP) is 4.40. The van der Waals surface area contributed by atoms with Crippen LogP contribution in [0, 0.1) is 0 Å². The van der Waals surface area contributed by atoms with Gasteiger partial charge in [0.2, 0.25) is 5.88 Å². The molecule has 2 aromatic rings. The van der Waals surface area contributed by atoms with E-state index in [4.69, 9.17) is 4.74 Å². The van der Waals surface area contributed by atoms with Gasteiger partial charge in [0.05, 0.1) is 5.56 Å². The van der Waals surface area contributed by atoms with E-state index in [0.717, 1.165) is 25.3 Å². The van der Waals surface area contributed by atoms with Crippen molar-refractivity contribution in [1.29, 1.82) is 0 Å². The molecular formula is C23H29N3O2. The highest BCUT2D eigenvalue weighted by Gasteiger charge is 2.29. The molecule has 1 amide bonds. The third-order valence-corrected chi connectivity index (χ3v) is 5.86. The number of carbonyl (C=O) groups excluding carboxylic acids is 1. The molecule has 2 heterocycles. The van der Waals surface area contributed by atoms with E-state index in [1.54, 1.807) is 18.3 Å². The van der Waals surface area contributed by atoms with Crippen molar-refractivity contribution >= 4 is 5.91 Å². The van der Waals surface area contributed by atoms with Gasteiger partial charge in [-0.15, -0.1) is 0 Å². The van der Waals surface area contributed by atoms with Crippen LogP contribution in [0.15, 0.2) is 48.7 Å². The largest absolute Gasteiger partial charge is 0.439 e. The summed E-state index contributed by atoms with van der Waals surface area (Å²) >= 11 is 0. The lowest BCUT2D eigenvalue weighted by Crippen LogP contribution is -2.39. The Labute approximate surface area is 167 Å². The molecule has 1 saturated carbocycles. The summed E-state index contributed by atoms with van der Waals surface area (Å²) in [5, 5.41) is 3.19. The Kier molecular flexibility index (Phi) is 6.22. The Morgan fingerprint density at radius 1 is 1.00 bits per heavy atom. The number of hydrogen-bond donors (Lipinski definition) is 1. The Morgan fingerprint density at radius 3 is 2.50 bits per heavy atom. The number of benzene rings is 1. The first-order chi connectivity index (χ1) is 13.8. The van der Waals surface area contributed by atoms with Crippen LogP contribution in [0.3, 0.4) is 0 Å². The molecule has 4 rings (SSSR count). The minimum Gasteiger partial charge on any atom is -0.439 e. The third-order valence-electron chi connectivity index (χ3n) is 5.86. The van der Waals surface area contributed by atoms with Crippen molar-refractivity contribution in [3.8, 4) is 11.6 Å². The monoisotopic (exact) mass is 379 g/mol. The summed E-state index contributed by atoms with van der Waals surface area (Å²) in [6.45, 7) is 2.07. The first kappa shape index (κ1) is 18.9. The number of likely N-dealkylation sites (tertiary alicyclic amines) is 1. The van der Waals surface area contributed by atoms with E-state index in [1.165, 1.54) is 38.5 Å². The molecule has 1 unspecified atom stereocenters. The van der Waals surface area contributed by atoms with Gasteiger partial charge in [-0.3, -0.25) is 9.69 Å². The van der Waals surface area contributed by atoms with Gasteiger partial charge >= 0.3 is 0 Å². The minimum absolute atomic E-state index is 0.0496. The number of rotatable bonds is 5. The normalized spacial score (nSPS) is 21.2. The number of para-hydroxylation sites is 1. The first-order valence-electron chi connectivity index (χ1n) is 10.5. The molecule has 1 saturated heterocycles. The van der Waals surface area contributed by atoms with E-state index >= 15 is 0 Å². The predicted molar refractivity (Wildman–Crippen MR) is 110 cm³/mol. The van der Waals surface area contributed by atoms with Crippen LogP contribution >= 0.6 is 0 Å². The summed E-state index contributed by atoms with van der Waals surface area (Å²) in [5.41, 5.74) is 0.577. The van der Waals surface area contributed by atoms with E-state index in [2.05, 4.69) is 15.2 Å². The van der Waals surface area contributed by atoms with Crippen LogP contribution in [0.1, 0.15) is 55.3 Å². The number of nitrogens with zero attached hydrogens (tertiary/aromatic N) is 2. The Balaban J connectivity index is 1.29. The highest BCUT2D eigenvalue weighted by Crippen LogP contribution is 2.25. The van der Waals surface area contributed by atoms with E-state index < -0.39 is 0 Å². The molecule has 5 heteroatoms. The Hall–Kier alpha value is -2.40. The van der Waals surface area contributed by atoms with Crippen molar-refractivity contribution in [2.75, 3.05) is 13.1 Å². The van der Waals surface area contributed by atoms with Crippen LogP contribution in [-0.2, 0) is 0 Å². The molecule has 0 bridgehead atoms. The van der Waals surface area contributed by atoms with E-state index in [-0.39, 0.29) is 11.9 Å². The number of nitrogens with one attached hydrogen (secondary N) is 1. The number of carbonyl (C=O) groups is 1. The highest BCUT2D eigenvalue weighted by molar-refractivity contribution is 5.94. The van der Waals surface area contributed by atoms with Crippen LogP contribution in [-0.4, -0.2) is 41.0 Å². The van der Waals surface area contributed by atoms with Crippen LogP contribution < -0.4 is 10.1 Å². The topological polar surface area (TPSA) is 54.5 Å². The van der Waals surface area contributed by atoms with Crippen molar-refractivity contribution in [3.63, 3.8) is 0 Å². The molecule has 0 radical (unpaired) electrons. The standard InChI is InChI=1S/C23H29N3O2/c27-23(18-12-13-22(24-16-18)28-21-10-6-3-7-11-21)25-19-14-15-26(17-19)20-8-4-1-2-5-9-20/h3,6-7,10-13,16,19-20H,1-2,4-5,8-9,14-15,17H2,(H,25,27).